The third-order valence-corrected chi connectivity index (χ3v) is 2.95. The first kappa shape index (κ1) is 13.4. The summed E-state index contributed by atoms with van der Waals surface area (Å²) in [6, 6.07) is 0. The fourth-order valence-electron chi connectivity index (χ4n) is 1.15. The summed E-state index contributed by atoms with van der Waals surface area (Å²) in [6.07, 6.45) is 3.38. The van der Waals surface area contributed by atoms with E-state index in [1.807, 2.05) is 0 Å². The van der Waals surface area contributed by atoms with Crippen molar-refractivity contribution in [3.63, 3.8) is 0 Å². The van der Waals surface area contributed by atoms with E-state index in [2.05, 4.69) is 28.7 Å². The number of aryl methyl sites for hydroxylation is 1. The van der Waals surface area contributed by atoms with Crippen molar-refractivity contribution in [3.05, 3.63) is 25.3 Å². The Labute approximate surface area is 104 Å². The quantitative estimate of drug-likeness (QED) is 0.523. The van der Waals surface area contributed by atoms with Gasteiger partial charge in [-0.1, -0.05) is 23.9 Å². The fourth-order valence-corrected chi connectivity index (χ4v) is 1.90. The Morgan fingerprint density at radius 3 is 2.59 bits per heavy atom. The van der Waals surface area contributed by atoms with Crippen LogP contribution in [-0.4, -0.2) is 49.9 Å². The Bertz CT molecular complexity index is 393. The molecule has 0 aliphatic rings. The number of nitrogens with zero attached hydrogens (tertiary/aromatic N) is 5. The summed E-state index contributed by atoms with van der Waals surface area (Å²) < 4.78 is 1.53. The van der Waals surface area contributed by atoms with Crippen molar-refractivity contribution >= 4 is 17.7 Å². The monoisotopic (exact) mass is 253 g/mol. The Morgan fingerprint density at radius 1 is 1.47 bits per heavy atom. The van der Waals surface area contributed by atoms with Crippen molar-refractivity contribution < 1.29 is 4.79 Å². The zero-order valence-electron chi connectivity index (χ0n) is 9.74. The molecule has 1 aromatic rings. The van der Waals surface area contributed by atoms with Gasteiger partial charge in [-0.15, -0.1) is 18.3 Å². The highest BCUT2D eigenvalue weighted by atomic mass is 32.2. The summed E-state index contributed by atoms with van der Waals surface area (Å²) in [5.41, 5.74) is 0. The largest absolute Gasteiger partial charge is 0.335 e. The standard InChI is InChI=1S/C10H15N5OS/c1-4-6-15(7-5-2)9(16)8-17-10-11-12-13-14(10)3/h4-5H,1-2,6-8H2,3H3. The smallest absolute Gasteiger partial charge is 0.233 e. The van der Waals surface area contributed by atoms with E-state index in [9.17, 15) is 4.79 Å². The summed E-state index contributed by atoms with van der Waals surface area (Å²) >= 11 is 1.31. The van der Waals surface area contributed by atoms with Crippen LogP contribution in [0.5, 0.6) is 0 Å². The zero-order valence-corrected chi connectivity index (χ0v) is 10.6. The van der Waals surface area contributed by atoms with Gasteiger partial charge in [-0.25, -0.2) is 4.68 Å². The molecule has 0 aromatic carbocycles. The predicted molar refractivity (Wildman–Crippen MR) is 66.5 cm³/mol. The molecule has 0 atom stereocenters. The third-order valence-electron chi connectivity index (χ3n) is 1.96. The van der Waals surface area contributed by atoms with Crippen molar-refractivity contribution in [2.75, 3.05) is 18.8 Å². The number of rotatable bonds is 7. The van der Waals surface area contributed by atoms with Gasteiger partial charge >= 0.3 is 0 Å². The van der Waals surface area contributed by atoms with Gasteiger partial charge in [0.15, 0.2) is 0 Å². The Kier molecular flexibility index (Phi) is 5.41. The van der Waals surface area contributed by atoms with Crippen LogP contribution in [0.1, 0.15) is 0 Å². The molecule has 0 spiro atoms. The molecule has 0 aliphatic carbocycles. The van der Waals surface area contributed by atoms with Crippen LogP contribution < -0.4 is 0 Å². The number of carbonyl (C=O) groups is 1. The highest BCUT2D eigenvalue weighted by Gasteiger charge is 2.13. The molecule has 6 nitrogen and oxygen atoms in total. The normalized spacial score (nSPS) is 9.94. The molecule has 0 aliphatic heterocycles. The molecule has 7 heteroatoms. The Hall–Kier alpha value is -1.63. The highest BCUT2D eigenvalue weighted by Crippen LogP contribution is 2.12. The van der Waals surface area contributed by atoms with E-state index in [0.29, 0.717) is 24.0 Å². The lowest BCUT2D eigenvalue weighted by Gasteiger charge is -2.18. The molecule has 0 unspecified atom stereocenters. The number of hydrogen-bond donors (Lipinski definition) is 0. The van der Waals surface area contributed by atoms with Crippen LogP contribution in [0.25, 0.3) is 0 Å². The molecule has 1 rings (SSSR count). The summed E-state index contributed by atoms with van der Waals surface area (Å²) in [5.74, 6) is 0.313. The first-order valence-corrected chi connectivity index (χ1v) is 6.02. The number of aromatic nitrogens is 4. The minimum absolute atomic E-state index is 0.0119. The molecule has 0 saturated heterocycles. The maximum absolute atomic E-state index is 11.9. The lowest BCUT2D eigenvalue weighted by molar-refractivity contribution is -0.127. The molecule has 0 saturated carbocycles. The molecule has 1 amide bonds. The molecule has 0 bridgehead atoms. The second kappa shape index (κ2) is 6.85. The second-order valence-electron chi connectivity index (χ2n) is 3.25. The van der Waals surface area contributed by atoms with Gasteiger partial charge in [0, 0.05) is 20.1 Å². The van der Waals surface area contributed by atoms with Crippen LogP contribution in [-0.2, 0) is 11.8 Å². The average Bonchev–Trinajstić information content (AvgIpc) is 2.71. The molecule has 17 heavy (non-hydrogen) atoms. The van der Waals surface area contributed by atoms with Crippen LogP contribution in [0.4, 0.5) is 0 Å². The fraction of sp³-hybridized carbons (Fsp3) is 0.400. The Balaban J connectivity index is 2.49. The van der Waals surface area contributed by atoms with E-state index in [0.717, 1.165) is 0 Å². The third kappa shape index (κ3) is 4.03. The van der Waals surface area contributed by atoms with Gasteiger partial charge < -0.3 is 4.90 Å². The summed E-state index contributed by atoms with van der Waals surface area (Å²) in [6.45, 7) is 8.27. The van der Waals surface area contributed by atoms with Gasteiger partial charge in [0.05, 0.1) is 5.75 Å². The summed E-state index contributed by atoms with van der Waals surface area (Å²) in [7, 11) is 1.73. The van der Waals surface area contributed by atoms with Crippen molar-refractivity contribution in [1.82, 2.24) is 25.1 Å². The van der Waals surface area contributed by atoms with E-state index >= 15 is 0 Å². The van der Waals surface area contributed by atoms with Crippen molar-refractivity contribution in [2.45, 2.75) is 5.16 Å². The van der Waals surface area contributed by atoms with E-state index in [4.69, 9.17) is 0 Å². The Morgan fingerprint density at radius 2 is 2.12 bits per heavy atom. The van der Waals surface area contributed by atoms with Gasteiger partial charge in [0.2, 0.25) is 11.1 Å². The maximum atomic E-state index is 11.9. The first-order chi connectivity index (χ1) is 8.19. The van der Waals surface area contributed by atoms with Gasteiger partial charge in [0.25, 0.3) is 0 Å². The van der Waals surface area contributed by atoms with E-state index in [1.165, 1.54) is 16.4 Å². The minimum atomic E-state index is 0.0119. The van der Waals surface area contributed by atoms with E-state index in [1.54, 1.807) is 24.1 Å². The molecule has 1 heterocycles. The molecule has 0 N–H and O–H groups in total. The number of tetrazole rings is 1. The molecule has 0 fully saturated rings. The maximum Gasteiger partial charge on any atom is 0.233 e. The lowest BCUT2D eigenvalue weighted by atomic mass is 10.4. The number of thioether (sulfide) groups is 1. The number of amides is 1. The highest BCUT2D eigenvalue weighted by molar-refractivity contribution is 7.99. The molecule has 1 aromatic heterocycles. The molecular weight excluding hydrogens is 238 g/mol. The lowest BCUT2D eigenvalue weighted by Crippen LogP contribution is -2.32. The number of hydrogen-bond acceptors (Lipinski definition) is 5. The predicted octanol–water partition coefficient (Wildman–Crippen LogP) is 0.503. The summed E-state index contributed by atoms with van der Waals surface area (Å²) in [4.78, 5) is 13.5. The van der Waals surface area contributed by atoms with E-state index < -0.39 is 0 Å². The van der Waals surface area contributed by atoms with Crippen molar-refractivity contribution in [2.24, 2.45) is 7.05 Å². The van der Waals surface area contributed by atoms with Crippen LogP contribution in [0.2, 0.25) is 0 Å². The van der Waals surface area contributed by atoms with Gasteiger partial charge in [0.1, 0.15) is 0 Å². The van der Waals surface area contributed by atoms with Crippen molar-refractivity contribution in [3.8, 4) is 0 Å². The number of carbonyl (C=O) groups excluding carboxylic acids is 1. The second-order valence-corrected chi connectivity index (χ2v) is 4.19. The zero-order chi connectivity index (χ0) is 12.7. The van der Waals surface area contributed by atoms with Gasteiger partial charge in [-0.2, -0.15) is 0 Å². The molecular formula is C10H15N5OS. The average molecular weight is 253 g/mol. The van der Waals surface area contributed by atoms with E-state index in [-0.39, 0.29) is 5.91 Å². The van der Waals surface area contributed by atoms with Crippen LogP contribution in [0, 0.1) is 0 Å². The molecule has 0 radical (unpaired) electrons. The van der Waals surface area contributed by atoms with Crippen molar-refractivity contribution in [1.29, 1.82) is 0 Å². The minimum Gasteiger partial charge on any atom is -0.335 e. The van der Waals surface area contributed by atoms with Crippen LogP contribution >= 0.6 is 11.8 Å². The molecule has 92 valence electrons. The first-order valence-electron chi connectivity index (χ1n) is 5.03. The van der Waals surface area contributed by atoms with Gasteiger partial charge in [-0.05, 0) is 10.4 Å². The van der Waals surface area contributed by atoms with Gasteiger partial charge in [-0.3, -0.25) is 4.79 Å². The van der Waals surface area contributed by atoms with Crippen LogP contribution in [0.3, 0.4) is 0 Å². The topological polar surface area (TPSA) is 63.9 Å². The van der Waals surface area contributed by atoms with Crippen LogP contribution in [0.15, 0.2) is 30.5 Å². The SMILES string of the molecule is C=CCN(CC=C)C(=O)CSc1nnnn1C. The summed E-state index contributed by atoms with van der Waals surface area (Å²) in [5, 5.41) is 11.6.